The minimum atomic E-state index is -4.43. The molecule has 1 rings (SSSR count). The number of esters is 1. The second-order valence-electron chi connectivity index (χ2n) is 6.21. The normalized spacial score (nSPS) is 13.2. The van der Waals surface area contributed by atoms with Crippen LogP contribution in [0.15, 0.2) is 24.3 Å². The van der Waals surface area contributed by atoms with Gasteiger partial charge in [-0.15, -0.1) is 0 Å². The van der Waals surface area contributed by atoms with Crippen molar-refractivity contribution >= 4 is 5.97 Å². The highest BCUT2D eigenvalue weighted by Crippen LogP contribution is 2.33. The zero-order valence-corrected chi connectivity index (χ0v) is 12.3. The van der Waals surface area contributed by atoms with Crippen molar-refractivity contribution in [1.29, 1.82) is 0 Å². The summed E-state index contributed by atoms with van der Waals surface area (Å²) in [5.41, 5.74) is -2.32. The molecule has 0 aromatic heterocycles. The van der Waals surface area contributed by atoms with Gasteiger partial charge in [0.25, 0.3) is 0 Å². The first-order valence-electron chi connectivity index (χ1n) is 6.25. The third kappa shape index (κ3) is 3.99. The Morgan fingerprint density at radius 3 is 1.95 bits per heavy atom. The Morgan fingerprint density at radius 1 is 1.00 bits per heavy atom. The maximum absolute atomic E-state index is 12.7. The lowest BCUT2D eigenvalue weighted by molar-refractivity contribution is -0.161. The van der Waals surface area contributed by atoms with Gasteiger partial charge in [-0.05, 0) is 46.2 Å². The molecule has 112 valence electrons. The van der Waals surface area contributed by atoms with Gasteiger partial charge in [0, 0.05) is 0 Å². The van der Waals surface area contributed by atoms with Crippen LogP contribution in [-0.2, 0) is 21.1 Å². The minimum absolute atomic E-state index is 0.279. The Bertz CT molecular complexity index is 497. The molecule has 0 atom stereocenters. The Labute approximate surface area is 116 Å². The van der Waals surface area contributed by atoms with Crippen molar-refractivity contribution in [1.82, 2.24) is 0 Å². The molecule has 1 aromatic rings. The summed E-state index contributed by atoms with van der Waals surface area (Å²) in [6, 6.07) is 4.77. The maximum atomic E-state index is 12.7. The van der Waals surface area contributed by atoms with Gasteiger partial charge in [-0.1, -0.05) is 18.2 Å². The Morgan fingerprint density at radius 2 is 1.50 bits per heavy atom. The van der Waals surface area contributed by atoms with Gasteiger partial charge >= 0.3 is 12.1 Å². The van der Waals surface area contributed by atoms with Crippen molar-refractivity contribution in [3.63, 3.8) is 0 Å². The van der Waals surface area contributed by atoms with Crippen molar-refractivity contribution in [2.75, 3.05) is 0 Å². The van der Waals surface area contributed by atoms with E-state index in [1.807, 2.05) is 0 Å². The van der Waals surface area contributed by atoms with Crippen LogP contribution in [0.25, 0.3) is 0 Å². The molecule has 0 aliphatic rings. The van der Waals surface area contributed by atoms with Crippen molar-refractivity contribution in [2.45, 2.75) is 51.8 Å². The summed E-state index contributed by atoms with van der Waals surface area (Å²) < 4.78 is 43.4. The van der Waals surface area contributed by atoms with E-state index in [0.717, 1.165) is 12.1 Å². The summed E-state index contributed by atoms with van der Waals surface area (Å²) in [6.45, 7) is 8.25. The summed E-state index contributed by atoms with van der Waals surface area (Å²) in [5, 5.41) is 0. The first-order valence-corrected chi connectivity index (χ1v) is 6.25. The van der Waals surface area contributed by atoms with E-state index in [0.29, 0.717) is 0 Å². The number of hydrogen-bond acceptors (Lipinski definition) is 2. The second kappa shape index (κ2) is 5.11. The predicted molar refractivity (Wildman–Crippen MR) is 70.3 cm³/mol. The number of carbonyl (C=O) groups excluding carboxylic acids is 1. The van der Waals surface area contributed by atoms with Gasteiger partial charge in [-0.25, -0.2) is 0 Å². The molecule has 0 fully saturated rings. The van der Waals surface area contributed by atoms with Crippen LogP contribution >= 0.6 is 0 Å². The van der Waals surface area contributed by atoms with Crippen LogP contribution in [0.2, 0.25) is 0 Å². The number of benzene rings is 1. The van der Waals surface area contributed by atoms with Gasteiger partial charge in [0.15, 0.2) is 0 Å². The number of alkyl halides is 3. The number of rotatable bonds is 2. The van der Waals surface area contributed by atoms with E-state index in [1.54, 1.807) is 34.6 Å². The van der Waals surface area contributed by atoms with Crippen LogP contribution in [0.1, 0.15) is 45.7 Å². The van der Waals surface area contributed by atoms with E-state index in [1.165, 1.54) is 12.1 Å². The molecule has 0 heterocycles. The van der Waals surface area contributed by atoms with Crippen LogP contribution in [0.3, 0.4) is 0 Å². The minimum Gasteiger partial charge on any atom is -0.459 e. The zero-order chi connectivity index (χ0) is 15.8. The maximum Gasteiger partial charge on any atom is 0.416 e. The molecule has 0 aliphatic heterocycles. The number of carbonyl (C=O) groups is 1. The van der Waals surface area contributed by atoms with Gasteiger partial charge in [0.2, 0.25) is 0 Å². The standard InChI is InChI=1S/C15H19F3O2/c1-13(2,3)20-12(19)14(4,5)10-7-6-8-11(9-10)15(16,17)18/h6-9H,1-5H3. The molecule has 0 bridgehead atoms. The van der Waals surface area contributed by atoms with Crippen LogP contribution in [0.5, 0.6) is 0 Å². The van der Waals surface area contributed by atoms with Crippen molar-refractivity contribution in [3.8, 4) is 0 Å². The third-order valence-corrected chi connectivity index (χ3v) is 2.82. The van der Waals surface area contributed by atoms with Crippen molar-refractivity contribution in [2.24, 2.45) is 0 Å². The molecule has 0 saturated carbocycles. The summed E-state index contributed by atoms with van der Waals surface area (Å²) in [4.78, 5) is 12.1. The number of hydrogen-bond donors (Lipinski definition) is 0. The fraction of sp³-hybridized carbons (Fsp3) is 0.533. The smallest absolute Gasteiger partial charge is 0.416 e. The molecule has 0 saturated heterocycles. The average molecular weight is 288 g/mol. The first kappa shape index (κ1) is 16.5. The average Bonchev–Trinajstić information content (AvgIpc) is 2.25. The van der Waals surface area contributed by atoms with E-state index in [-0.39, 0.29) is 5.56 Å². The lowest BCUT2D eigenvalue weighted by atomic mass is 9.83. The van der Waals surface area contributed by atoms with Crippen LogP contribution in [0.4, 0.5) is 13.2 Å². The molecule has 0 N–H and O–H groups in total. The highest BCUT2D eigenvalue weighted by Gasteiger charge is 2.37. The van der Waals surface area contributed by atoms with E-state index in [2.05, 4.69) is 0 Å². The Hall–Kier alpha value is -1.52. The van der Waals surface area contributed by atoms with Gasteiger partial charge in [0.05, 0.1) is 11.0 Å². The molecule has 0 aliphatic carbocycles. The van der Waals surface area contributed by atoms with E-state index >= 15 is 0 Å². The predicted octanol–water partition coefficient (Wildman–Crippen LogP) is 4.32. The first-order chi connectivity index (χ1) is 8.84. The lowest BCUT2D eigenvalue weighted by Gasteiger charge is -2.29. The fourth-order valence-corrected chi connectivity index (χ4v) is 1.61. The zero-order valence-electron chi connectivity index (χ0n) is 12.3. The second-order valence-corrected chi connectivity index (χ2v) is 6.21. The molecular formula is C15H19F3O2. The van der Waals surface area contributed by atoms with Gasteiger partial charge in [-0.3, -0.25) is 4.79 Å². The molecule has 0 radical (unpaired) electrons. The quantitative estimate of drug-likeness (QED) is 0.757. The SMILES string of the molecule is CC(C)(C)OC(=O)C(C)(C)c1cccc(C(F)(F)F)c1. The fourth-order valence-electron chi connectivity index (χ4n) is 1.61. The largest absolute Gasteiger partial charge is 0.459 e. The molecular weight excluding hydrogens is 269 g/mol. The van der Waals surface area contributed by atoms with Crippen LogP contribution in [-0.4, -0.2) is 11.6 Å². The Kier molecular flexibility index (Phi) is 4.22. The monoisotopic (exact) mass is 288 g/mol. The highest BCUT2D eigenvalue weighted by atomic mass is 19.4. The van der Waals surface area contributed by atoms with Crippen molar-refractivity contribution in [3.05, 3.63) is 35.4 Å². The number of halogens is 3. The van der Waals surface area contributed by atoms with Gasteiger partial charge < -0.3 is 4.74 Å². The van der Waals surface area contributed by atoms with Gasteiger partial charge in [-0.2, -0.15) is 13.2 Å². The van der Waals surface area contributed by atoms with Crippen LogP contribution in [0, 0.1) is 0 Å². The van der Waals surface area contributed by atoms with E-state index < -0.39 is 28.7 Å². The van der Waals surface area contributed by atoms with Crippen LogP contribution < -0.4 is 0 Å². The summed E-state index contributed by atoms with van der Waals surface area (Å²) >= 11 is 0. The molecule has 0 unspecified atom stereocenters. The molecule has 0 spiro atoms. The van der Waals surface area contributed by atoms with E-state index in [9.17, 15) is 18.0 Å². The molecule has 0 amide bonds. The molecule has 1 aromatic carbocycles. The molecule has 5 heteroatoms. The topological polar surface area (TPSA) is 26.3 Å². The number of ether oxygens (including phenoxy) is 1. The molecule has 2 nitrogen and oxygen atoms in total. The van der Waals surface area contributed by atoms with E-state index in [4.69, 9.17) is 4.74 Å². The lowest BCUT2D eigenvalue weighted by Crippen LogP contribution is -2.36. The summed E-state index contributed by atoms with van der Waals surface area (Å²) in [5.74, 6) is -0.552. The third-order valence-electron chi connectivity index (χ3n) is 2.82. The summed E-state index contributed by atoms with van der Waals surface area (Å²) in [6.07, 6.45) is -4.43. The van der Waals surface area contributed by atoms with Gasteiger partial charge in [0.1, 0.15) is 5.60 Å². The Balaban J connectivity index is 3.13. The summed E-state index contributed by atoms with van der Waals surface area (Å²) in [7, 11) is 0. The molecule has 20 heavy (non-hydrogen) atoms. The van der Waals surface area contributed by atoms with Crippen molar-refractivity contribution < 1.29 is 22.7 Å². The highest BCUT2D eigenvalue weighted by molar-refractivity contribution is 5.82.